The van der Waals surface area contributed by atoms with Gasteiger partial charge in [-0.25, -0.2) is 13.1 Å². The first-order valence-electron chi connectivity index (χ1n) is 5.96. The quantitative estimate of drug-likeness (QED) is 0.888. The van der Waals surface area contributed by atoms with E-state index in [1.165, 1.54) is 0 Å². The summed E-state index contributed by atoms with van der Waals surface area (Å²) in [4.78, 5) is 0.285. The van der Waals surface area contributed by atoms with Crippen molar-refractivity contribution >= 4 is 20.9 Å². The zero-order valence-electron chi connectivity index (χ0n) is 10.1. The van der Waals surface area contributed by atoms with E-state index in [1.807, 2.05) is 6.92 Å². The van der Waals surface area contributed by atoms with E-state index in [2.05, 4.69) is 14.9 Å². The predicted octanol–water partition coefficient (Wildman–Crippen LogP) is 1.78. The van der Waals surface area contributed by atoms with E-state index < -0.39 is 10.0 Å². The summed E-state index contributed by atoms with van der Waals surface area (Å²) >= 11 is 0. The standard InChI is InChI=1S/C12H15N3O2S/c1-12(5-2-6-12)15-18(16,17)10-4-3-9-8-13-14-11(9)7-10/h3-4,7-8,15H,2,5-6H2,1H3,(H,13,14). The lowest BCUT2D eigenvalue weighted by Gasteiger charge is -2.38. The summed E-state index contributed by atoms with van der Waals surface area (Å²) in [6.07, 6.45) is 4.56. The summed E-state index contributed by atoms with van der Waals surface area (Å²) in [7, 11) is -3.45. The number of nitrogens with one attached hydrogen (secondary N) is 2. The van der Waals surface area contributed by atoms with E-state index in [0.717, 1.165) is 30.2 Å². The zero-order valence-corrected chi connectivity index (χ0v) is 10.9. The summed E-state index contributed by atoms with van der Waals surface area (Å²) in [6, 6.07) is 4.99. The van der Waals surface area contributed by atoms with Gasteiger partial charge in [0, 0.05) is 10.9 Å². The number of hydrogen-bond acceptors (Lipinski definition) is 3. The lowest BCUT2D eigenvalue weighted by Crippen LogP contribution is -2.50. The maximum Gasteiger partial charge on any atom is 0.241 e. The molecule has 0 atom stereocenters. The van der Waals surface area contributed by atoms with Crippen LogP contribution in [0.2, 0.25) is 0 Å². The molecule has 0 aliphatic heterocycles. The number of rotatable bonds is 3. The van der Waals surface area contributed by atoms with Gasteiger partial charge in [-0.15, -0.1) is 0 Å². The molecule has 1 fully saturated rings. The summed E-state index contributed by atoms with van der Waals surface area (Å²) in [5.41, 5.74) is 0.457. The molecule has 1 saturated carbocycles. The van der Waals surface area contributed by atoms with Crippen molar-refractivity contribution in [1.29, 1.82) is 0 Å². The SMILES string of the molecule is CC1(NS(=O)(=O)c2ccc3cn[nH]c3c2)CCC1. The maximum atomic E-state index is 12.3. The number of hydrogen-bond donors (Lipinski definition) is 2. The number of nitrogens with zero attached hydrogens (tertiary/aromatic N) is 1. The van der Waals surface area contributed by atoms with Crippen molar-refractivity contribution in [3.8, 4) is 0 Å². The fraction of sp³-hybridized carbons (Fsp3) is 0.417. The van der Waals surface area contributed by atoms with Crippen molar-refractivity contribution in [2.45, 2.75) is 36.6 Å². The van der Waals surface area contributed by atoms with Crippen LogP contribution >= 0.6 is 0 Å². The van der Waals surface area contributed by atoms with E-state index in [9.17, 15) is 8.42 Å². The van der Waals surface area contributed by atoms with Crippen LogP contribution in [0.15, 0.2) is 29.3 Å². The molecule has 1 aliphatic carbocycles. The number of aromatic amines is 1. The molecule has 18 heavy (non-hydrogen) atoms. The molecule has 0 amide bonds. The first-order valence-corrected chi connectivity index (χ1v) is 7.44. The van der Waals surface area contributed by atoms with Crippen LogP contribution in [0.25, 0.3) is 10.9 Å². The molecule has 5 nitrogen and oxygen atoms in total. The van der Waals surface area contributed by atoms with Gasteiger partial charge in [-0.1, -0.05) is 0 Å². The lowest BCUT2D eigenvalue weighted by molar-refractivity contribution is 0.248. The van der Waals surface area contributed by atoms with Crippen LogP contribution in [-0.2, 0) is 10.0 Å². The van der Waals surface area contributed by atoms with E-state index in [0.29, 0.717) is 0 Å². The van der Waals surface area contributed by atoms with Crippen LogP contribution < -0.4 is 4.72 Å². The zero-order chi connectivity index (χ0) is 12.8. The Morgan fingerprint density at radius 1 is 1.39 bits per heavy atom. The summed E-state index contributed by atoms with van der Waals surface area (Å²) < 4.78 is 27.3. The van der Waals surface area contributed by atoms with Crippen molar-refractivity contribution in [3.05, 3.63) is 24.4 Å². The smallest absolute Gasteiger partial charge is 0.241 e. The molecule has 0 radical (unpaired) electrons. The van der Waals surface area contributed by atoms with Gasteiger partial charge < -0.3 is 0 Å². The van der Waals surface area contributed by atoms with Gasteiger partial charge in [0.05, 0.1) is 16.6 Å². The molecule has 3 rings (SSSR count). The Morgan fingerprint density at radius 2 is 2.17 bits per heavy atom. The minimum absolute atomic E-state index is 0.276. The van der Waals surface area contributed by atoms with E-state index in [-0.39, 0.29) is 10.4 Å². The maximum absolute atomic E-state index is 12.3. The molecule has 1 aliphatic rings. The fourth-order valence-corrected chi connectivity index (χ4v) is 3.77. The number of H-pyrrole nitrogens is 1. The summed E-state index contributed by atoms with van der Waals surface area (Å²) in [6.45, 7) is 1.95. The molecule has 6 heteroatoms. The highest BCUT2D eigenvalue weighted by atomic mass is 32.2. The minimum atomic E-state index is -3.45. The van der Waals surface area contributed by atoms with Crippen LogP contribution in [0.3, 0.4) is 0 Å². The number of sulfonamides is 1. The van der Waals surface area contributed by atoms with Crippen LogP contribution in [-0.4, -0.2) is 24.2 Å². The first-order chi connectivity index (χ1) is 8.49. The van der Waals surface area contributed by atoms with E-state index >= 15 is 0 Å². The van der Waals surface area contributed by atoms with Crippen molar-refractivity contribution in [3.63, 3.8) is 0 Å². The van der Waals surface area contributed by atoms with Crippen molar-refractivity contribution in [1.82, 2.24) is 14.9 Å². The second kappa shape index (κ2) is 3.80. The third-order valence-corrected chi connectivity index (χ3v) is 5.20. The molecule has 96 valence electrons. The molecule has 1 heterocycles. The first kappa shape index (κ1) is 11.7. The van der Waals surface area contributed by atoms with Crippen LogP contribution in [0.5, 0.6) is 0 Å². The van der Waals surface area contributed by atoms with Gasteiger partial charge in [-0.2, -0.15) is 5.10 Å². The number of fused-ring (bicyclic) bond motifs is 1. The molecule has 0 spiro atoms. The fourth-order valence-electron chi connectivity index (χ4n) is 2.28. The van der Waals surface area contributed by atoms with Crippen molar-refractivity contribution < 1.29 is 8.42 Å². The van der Waals surface area contributed by atoms with Gasteiger partial charge in [0.15, 0.2) is 0 Å². The van der Waals surface area contributed by atoms with Gasteiger partial charge in [0.2, 0.25) is 10.0 Å². The molecule has 0 saturated heterocycles. The van der Waals surface area contributed by atoms with Gasteiger partial charge in [0.1, 0.15) is 0 Å². The molecule has 1 aromatic carbocycles. The van der Waals surface area contributed by atoms with Gasteiger partial charge in [0.25, 0.3) is 0 Å². The molecule has 1 aromatic heterocycles. The topological polar surface area (TPSA) is 74.8 Å². The second-order valence-corrected chi connectivity index (χ2v) is 6.82. The normalized spacial score (nSPS) is 18.7. The lowest BCUT2D eigenvalue weighted by atomic mass is 9.80. The molecule has 0 bridgehead atoms. The molecule has 0 unspecified atom stereocenters. The number of benzene rings is 1. The monoisotopic (exact) mass is 265 g/mol. The van der Waals surface area contributed by atoms with Crippen LogP contribution in [0.1, 0.15) is 26.2 Å². The Morgan fingerprint density at radius 3 is 2.83 bits per heavy atom. The van der Waals surface area contributed by atoms with E-state index in [4.69, 9.17) is 0 Å². The van der Waals surface area contributed by atoms with Crippen LogP contribution in [0.4, 0.5) is 0 Å². The van der Waals surface area contributed by atoms with Gasteiger partial charge >= 0.3 is 0 Å². The Bertz CT molecular complexity index is 686. The molecule has 2 N–H and O–H groups in total. The second-order valence-electron chi connectivity index (χ2n) is 5.14. The van der Waals surface area contributed by atoms with Gasteiger partial charge in [-0.3, -0.25) is 5.10 Å². The van der Waals surface area contributed by atoms with Crippen LogP contribution in [0, 0.1) is 0 Å². The highest BCUT2D eigenvalue weighted by molar-refractivity contribution is 7.89. The van der Waals surface area contributed by atoms with E-state index in [1.54, 1.807) is 24.4 Å². The largest absolute Gasteiger partial charge is 0.278 e. The predicted molar refractivity (Wildman–Crippen MR) is 68.7 cm³/mol. The highest BCUT2D eigenvalue weighted by Gasteiger charge is 2.36. The average Bonchev–Trinajstić information content (AvgIpc) is 2.73. The Hall–Kier alpha value is -1.40. The average molecular weight is 265 g/mol. The highest BCUT2D eigenvalue weighted by Crippen LogP contribution is 2.32. The number of aromatic nitrogens is 2. The Kier molecular flexibility index (Phi) is 2.46. The third-order valence-electron chi connectivity index (χ3n) is 3.56. The summed E-state index contributed by atoms with van der Waals surface area (Å²) in [5.74, 6) is 0. The molecular formula is C12H15N3O2S. The minimum Gasteiger partial charge on any atom is -0.278 e. The molecular weight excluding hydrogens is 250 g/mol. The van der Waals surface area contributed by atoms with Crippen molar-refractivity contribution in [2.24, 2.45) is 0 Å². The Balaban J connectivity index is 1.96. The van der Waals surface area contributed by atoms with Gasteiger partial charge in [-0.05, 0) is 44.4 Å². The Labute approximate surface area is 106 Å². The molecule has 2 aromatic rings. The third kappa shape index (κ3) is 1.91. The van der Waals surface area contributed by atoms with Crippen molar-refractivity contribution in [2.75, 3.05) is 0 Å². The summed E-state index contributed by atoms with van der Waals surface area (Å²) in [5, 5.41) is 7.57.